The third kappa shape index (κ3) is 3.62. The molecule has 16 heavy (non-hydrogen) atoms. The average molecular weight is 252 g/mol. The van der Waals surface area contributed by atoms with E-state index in [9.17, 15) is 18.3 Å². The van der Waals surface area contributed by atoms with Crippen LogP contribution < -0.4 is 10.5 Å². The molecule has 0 heterocycles. The second-order valence-corrected chi connectivity index (χ2v) is 6.02. The van der Waals surface area contributed by atoms with Crippen LogP contribution in [0.1, 0.15) is 25.7 Å². The third-order valence-corrected chi connectivity index (χ3v) is 4.30. The second kappa shape index (κ2) is 4.56. The maximum Gasteiger partial charge on any atom is 0.404 e. The number of carboxylic acid groups (broad SMARTS) is 1. The molecule has 0 aromatic rings. The van der Waals surface area contributed by atoms with Crippen LogP contribution in [-0.4, -0.2) is 42.1 Å². The summed E-state index contributed by atoms with van der Waals surface area (Å²) < 4.78 is 22.1. The lowest BCUT2D eigenvalue weighted by Gasteiger charge is -2.34. The molecular formula is C8H16N2O5S. The van der Waals surface area contributed by atoms with Crippen LogP contribution in [0.15, 0.2) is 0 Å². The van der Waals surface area contributed by atoms with Crippen LogP contribution in [0.3, 0.4) is 0 Å². The van der Waals surface area contributed by atoms with Crippen molar-refractivity contribution in [2.24, 2.45) is 5.14 Å². The molecule has 1 saturated carbocycles. The van der Waals surface area contributed by atoms with Crippen molar-refractivity contribution >= 4 is 16.1 Å². The predicted molar refractivity (Wildman–Crippen MR) is 56.3 cm³/mol. The van der Waals surface area contributed by atoms with Crippen molar-refractivity contribution in [3.8, 4) is 0 Å². The molecule has 5 N–H and O–H groups in total. The summed E-state index contributed by atoms with van der Waals surface area (Å²) in [5.41, 5.74) is -1.15. The van der Waals surface area contributed by atoms with E-state index in [2.05, 4.69) is 5.32 Å². The molecule has 0 saturated heterocycles. The quantitative estimate of drug-likeness (QED) is 0.523. The Morgan fingerprint density at radius 3 is 2.31 bits per heavy atom. The smallest absolute Gasteiger partial charge is 0.404 e. The normalized spacial score (nSPS) is 31.0. The Morgan fingerprint density at radius 2 is 1.94 bits per heavy atom. The average Bonchev–Trinajstić information content (AvgIpc) is 2.14. The topological polar surface area (TPSA) is 130 Å². The first-order valence-corrected chi connectivity index (χ1v) is 6.55. The van der Waals surface area contributed by atoms with Gasteiger partial charge < -0.3 is 15.5 Å². The Kier molecular flexibility index (Phi) is 3.76. The first-order chi connectivity index (χ1) is 7.23. The van der Waals surface area contributed by atoms with Gasteiger partial charge in [-0.1, -0.05) is 0 Å². The molecule has 1 rings (SSSR count). The van der Waals surface area contributed by atoms with Crippen LogP contribution in [-0.2, 0) is 10.0 Å². The van der Waals surface area contributed by atoms with Gasteiger partial charge in [-0.25, -0.2) is 18.4 Å². The van der Waals surface area contributed by atoms with E-state index in [1.165, 1.54) is 0 Å². The first kappa shape index (κ1) is 13.2. The van der Waals surface area contributed by atoms with E-state index in [0.29, 0.717) is 0 Å². The van der Waals surface area contributed by atoms with Crippen molar-refractivity contribution in [2.45, 2.75) is 36.5 Å². The van der Waals surface area contributed by atoms with Crippen molar-refractivity contribution in [3.63, 3.8) is 0 Å². The minimum atomic E-state index is -3.56. The highest BCUT2D eigenvalue weighted by Gasteiger charge is 2.37. The van der Waals surface area contributed by atoms with Gasteiger partial charge in [-0.3, -0.25) is 0 Å². The zero-order chi connectivity index (χ0) is 12.4. The van der Waals surface area contributed by atoms with Gasteiger partial charge in [0.2, 0.25) is 10.0 Å². The van der Waals surface area contributed by atoms with Gasteiger partial charge in [0.05, 0.1) is 10.9 Å². The van der Waals surface area contributed by atoms with Crippen LogP contribution in [0, 0.1) is 0 Å². The van der Waals surface area contributed by atoms with Crippen LogP contribution in [0.25, 0.3) is 0 Å². The lowest BCUT2D eigenvalue weighted by atomic mass is 9.84. The molecule has 0 aliphatic heterocycles. The van der Waals surface area contributed by atoms with Gasteiger partial charge in [-0.05, 0) is 25.7 Å². The van der Waals surface area contributed by atoms with Crippen LogP contribution >= 0.6 is 0 Å². The van der Waals surface area contributed by atoms with Gasteiger partial charge >= 0.3 is 6.09 Å². The second-order valence-electron chi connectivity index (χ2n) is 4.17. The standard InChI is InChI=1S/C8H16N2O5S/c9-16(14,15)6-1-3-8(13,4-2-6)5-10-7(11)12/h6,10,13H,1-5H2,(H,11,12)(H2,9,14,15)/t6-,8+. The van der Waals surface area contributed by atoms with Crippen LogP contribution in [0.2, 0.25) is 0 Å². The number of amides is 1. The maximum atomic E-state index is 11.0. The summed E-state index contributed by atoms with van der Waals surface area (Å²) in [5, 5.41) is 24.8. The molecule has 1 aliphatic rings. The molecule has 1 fully saturated rings. The van der Waals surface area contributed by atoms with Gasteiger partial charge in [-0.2, -0.15) is 0 Å². The van der Waals surface area contributed by atoms with Crippen LogP contribution in [0.4, 0.5) is 4.79 Å². The number of hydrogen-bond acceptors (Lipinski definition) is 4. The molecule has 8 heteroatoms. The van der Waals surface area contributed by atoms with Gasteiger partial charge in [0.1, 0.15) is 0 Å². The monoisotopic (exact) mass is 252 g/mol. The highest BCUT2D eigenvalue weighted by atomic mass is 32.2. The van der Waals surface area contributed by atoms with Crippen molar-refractivity contribution in [1.82, 2.24) is 5.32 Å². The van der Waals surface area contributed by atoms with Gasteiger partial charge in [0, 0.05) is 6.54 Å². The number of carbonyl (C=O) groups is 1. The number of nitrogens with one attached hydrogen (secondary N) is 1. The maximum absolute atomic E-state index is 11.0. The van der Waals surface area contributed by atoms with E-state index in [0.717, 1.165) is 0 Å². The Bertz CT molecular complexity index is 359. The van der Waals surface area contributed by atoms with Crippen molar-refractivity contribution < 1.29 is 23.4 Å². The van der Waals surface area contributed by atoms with E-state index < -0.39 is 27.0 Å². The lowest BCUT2D eigenvalue weighted by Crippen LogP contribution is -2.47. The summed E-state index contributed by atoms with van der Waals surface area (Å²) >= 11 is 0. The summed E-state index contributed by atoms with van der Waals surface area (Å²) in [6, 6.07) is 0. The Balaban J connectivity index is 2.50. The zero-order valence-corrected chi connectivity index (χ0v) is 9.53. The summed E-state index contributed by atoms with van der Waals surface area (Å²) in [6.45, 7) is -0.0837. The molecule has 0 aromatic heterocycles. The Morgan fingerprint density at radius 1 is 1.44 bits per heavy atom. The number of sulfonamides is 1. The molecule has 1 amide bonds. The van der Waals surface area contributed by atoms with E-state index >= 15 is 0 Å². The van der Waals surface area contributed by atoms with E-state index in [1.807, 2.05) is 0 Å². The van der Waals surface area contributed by atoms with Gasteiger partial charge in [0.25, 0.3) is 0 Å². The lowest BCUT2D eigenvalue weighted by molar-refractivity contribution is 0.00650. The molecule has 7 nitrogen and oxygen atoms in total. The molecule has 0 unspecified atom stereocenters. The Hall–Kier alpha value is -0.860. The number of aliphatic hydroxyl groups is 1. The minimum Gasteiger partial charge on any atom is -0.465 e. The van der Waals surface area contributed by atoms with Gasteiger partial charge in [-0.15, -0.1) is 0 Å². The van der Waals surface area contributed by atoms with E-state index in [1.54, 1.807) is 0 Å². The fourth-order valence-corrected chi connectivity index (χ4v) is 2.77. The number of primary sulfonamides is 1. The van der Waals surface area contributed by atoms with Crippen LogP contribution in [0.5, 0.6) is 0 Å². The van der Waals surface area contributed by atoms with Crippen molar-refractivity contribution in [3.05, 3.63) is 0 Å². The van der Waals surface area contributed by atoms with Crippen molar-refractivity contribution in [1.29, 1.82) is 0 Å². The summed E-state index contributed by atoms with van der Waals surface area (Å²) in [6.07, 6.45) is -0.224. The molecular weight excluding hydrogens is 236 g/mol. The van der Waals surface area contributed by atoms with Crippen molar-refractivity contribution in [2.75, 3.05) is 6.54 Å². The molecule has 0 atom stereocenters. The largest absolute Gasteiger partial charge is 0.465 e. The Labute approximate surface area is 93.7 Å². The number of hydrogen-bond donors (Lipinski definition) is 4. The molecule has 0 bridgehead atoms. The number of nitrogens with two attached hydrogens (primary N) is 1. The highest BCUT2D eigenvalue weighted by molar-refractivity contribution is 7.89. The minimum absolute atomic E-state index is 0.0837. The molecule has 1 aliphatic carbocycles. The zero-order valence-electron chi connectivity index (χ0n) is 8.72. The van der Waals surface area contributed by atoms with E-state index in [4.69, 9.17) is 10.2 Å². The summed E-state index contributed by atoms with van der Waals surface area (Å²) in [5.74, 6) is 0. The number of rotatable bonds is 3. The first-order valence-electron chi connectivity index (χ1n) is 4.94. The highest BCUT2D eigenvalue weighted by Crippen LogP contribution is 2.30. The fraction of sp³-hybridized carbons (Fsp3) is 0.875. The van der Waals surface area contributed by atoms with E-state index in [-0.39, 0.29) is 32.2 Å². The third-order valence-electron chi connectivity index (χ3n) is 2.90. The fourth-order valence-electron chi connectivity index (χ4n) is 1.87. The molecule has 0 spiro atoms. The molecule has 0 aromatic carbocycles. The summed E-state index contributed by atoms with van der Waals surface area (Å²) in [4.78, 5) is 10.3. The SMILES string of the molecule is NS(=O)(=O)[C@H]1CC[C@](O)(CNC(=O)O)CC1. The van der Waals surface area contributed by atoms with Gasteiger partial charge in [0.15, 0.2) is 0 Å². The molecule has 0 radical (unpaired) electrons. The predicted octanol–water partition coefficient (Wildman–Crippen LogP) is -0.784. The summed E-state index contributed by atoms with van der Waals surface area (Å²) in [7, 11) is -3.56. The molecule has 94 valence electrons.